The summed E-state index contributed by atoms with van der Waals surface area (Å²) in [6.07, 6.45) is 9.84. The van der Waals surface area contributed by atoms with Gasteiger partial charge in [0, 0.05) is 47.9 Å². The van der Waals surface area contributed by atoms with Crippen LogP contribution in [0.4, 0.5) is 0 Å². The fourth-order valence-corrected chi connectivity index (χ4v) is 9.72. The molecule has 3 heterocycles. The molecule has 276 valence electrons. The standard InChI is InChI=1S/C49H42B2N4OS/c1-7-12-33(27-51-6)48-54-46(29(8-2)23-24-50-5)53-47(55-48)32-14-9-13-30(25-32)34-15-10-17-36-37-18-11-16-35(45(37)57-44(34)36)31-19-20-38-40(26-31)49(3,4)39-21-22-41-43(42(38)39)56-28-52-41/h7-28,50-51H,1-6H3/b12-7-,24-23-,29-8+,33-27+. The number of benzene rings is 5. The Kier molecular flexibility index (Phi) is 9.46. The van der Waals surface area contributed by atoms with Crippen LogP contribution in [0.1, 0.15) is 50.5 Å². The van der Waals surface area contributed by atoms with E-state index in [4.69, 9.17) is 19.4 Å². The number of thiophene rings is 1. The molecule has 8 heteroatoms. The number of oxazole rings is 1. The molecular weight excluding hydrogens is 714 g/mol. The first-order valence-electron chi connectivity index (χ1n) is 19.8. The van der Waals surface area contributed by atoms with Gasteiger partial charge >= 0.3 is 0 Å². The van der Waals surface area contributed by atoms with E-state index in [0.29, 0.717) is 17.5 Å². The maximum absolute atomic E-state index is 5.93. The SMILES string of the molecule is CB/C=C\C(=C/C)c1nc(C(/C=C\C)=C/BC)nc(-c2cccc(-c3cccc4c3sc3c(-c5ccc6c(c5)C(C)(C)c5ccc7ncoc7c5-6)cccc34)c2)n1. The summed E-state index contributed by atoms with van der Waals surface area (Å²) in [5, 5.41) is 2.52. The zero-order valence-corrected chi connectivity index (χ0v) is 34.0. The minimum atomic E-state index is -0.172. The Morgan fingerprint density at radius 2 is 1.39 bits per heavy atom. The van der Waals surface area contributed by atoms with E-state index in [1.165, 1.54) is 59.1 Å². The van der Waals surface area contributed by atoms with Crippen LogP contribution >= 0.6 is 11.3 Å². The van der Waals surface area contributed by atoms with Crippen molar-refractivity contribution < 1.29 is 4.42 Å². The number of aromatic nitrogens is 4. The Bertz CT molecular complexity index is 3000. The largest absolute Gasteiger partial charge is 0.443 e. The summed E-state index contributed by atoms with van der Waals surface area (Å²) in [4.78, 5) is 19.6. The van der Waals surface area contributed by atoms with Gasteiger partial charge in [0.05, 0.1) is 0 Å². The highest BCUT2D eigenvalue weighted by molar-refractivity contribution is 7.26. The highest BCUT2D eigenvalue weighted by atomic mass is 32.1. The molecule has 0 unspecified atom stereocenters. The molecule has 0 fully saturated rings. The molecule has 0 radical (unpaired) electrons. The second-order valence-corrected chi connectivity index (χ2v) is 16.1. The Morgan fingerprint density at radius 3 is 2.09 bits per heavy atom. The molecule has 1 aliphatic rings. The van der Waals surface area contributed by atoms with Crippen molar-refractivity contribution in [3.05, 3.63) is 156 Å². The molecular formula is C49H42B2N4OS. The van der Waals surface area contributed by atoms with Crippen molar-refractivity contribution in [2.45, 2.75) is 46.8 Å². The minimum absolute atomic E-state index is 0.172. The van der Waals surface area contributed by atoms with E-state index in [-0.39, 0.29) is 5.41 Å². The number of hydrogen-bond donors (Lipinski definition) is 0. The predicted molar refractivity (Wildman–Crippen MR) is 246 cm³/mol. The van der Waals surface area contributed by atoms with Crippen molar-refractivity contribution in [1.29, 1.82) is 0 Å². The normalized spacial score (nSPS) is 14.0. The molecule has 0 N–H and O–H groups in total. The molecule has 0 aliphatic heterocycles. The highest BCUT2D eigenvalue weighted by Crippen LogP contribution is 2.53. The lowest BCUT2D eigenvalue weighted by Gasteiger charge is -2.22. The van der Waals surface area contributed by atoms with Gasteiger partial charge in [-0.3, -0.25) is 0 Å². The summed E-state index contributed by atoms with van der Waals surface area (Å²) in [5.41, 5.74) is 14.3. The molecule has 9 rings (SSSR count). The van der Waals surface area contributed by atoms with Crippen molar-refractivity contribution in [3.8, 4) is 44.8 Å². The molecule has 0 amide bonds. The van der Waals surface area contributed by atoms with Crippen LogP contribution in [0.25, 0.3) is 87.2 Å². The number of rotatable bonds is 9. The maximum Gasteiger partial charge on any atom is 0.182 e. The van der Waals surface area contributed by atoms with Crippen molar-refractivity contribution >= 4 is 68.3 Å². The number of hydrogen-bond acceptors (Lipinski definition) is 6. The fraction of sp³-hybridized carbons (Fsp3) is 0.143. The topological polar surface area (TPSA) is 64.7 Å². The van der Waals surface area contributed by atoms with E-state index in [9.17, 15) is 0 Å². The third kappa shape index (κ3) is 6.20. The van der Waals surface area contributed by atoms with Gasteiger partial charge in [-0.15, -0.1) is 23.3 Å². The summed E-state index contributed by atoms with van der Waals surface area (Å²) in [6, 6.07) is 33.3. The van der Waals surface area contributed by atoms with Gasteiger partial charge in [0.25, 0.3) is 0 Å². The van der Waals surface area contributed by atoms with Gasteiger partial charge in [-0.2, -0.15) is 0 Å². The Labute approximate surface area is 339 Å². The van der Waals surface area contributed by atoms with E-state index in [1.807, 2.05) is 31.3 Å². The number of nitrogens with zero attached hydrogens (tertiary/aromatic N) is 4. The van der Waals surface area contributed by atoms with Crippen molar-refractivity contribution in [2.75, 3.05) is 0 Å². The molecule has 0 saturated heterocycles. The van der Waals surface area contributed by atoms with E-state index in [0.717, 1.165) is 47.9 Å². The highest BCUT2D eigenvalue weighted by Gasteiger charge is 2.38. The zero-order chi connectivity index (χ0) is 39.3. The summed E-state index contributed by atoms with van der Waals surface area (Å²) in [7, 11) is 1.81. The number of allylic oxidation sites excluding steroid dienone is 6. The van der Waals surface area contributed by atoms with Crippen LogP contribution in [0.5, 0.6) is 0 Å². The molecule has 0 atom stereocenters. The third-order valence-corrected chi connectivity index (χ3v) is 12.5. The average molecular weight is 757 g/mol. The first-order chi connectivity index (χ1) is 27.8. The van der Waals surface area contributed by atoms with E-state index >= 15 is 0 Å². The van der Waals surface area contributed by atoms with Crippen molar-refractivity contribution in [1.82, 2.24) is 19.9 Å². The van der Waals surface area contributed by atoms with Crippen LogP contribution in [-0.2, 0) is 5.41 Å². The Morgan fingerprint density at radius 1 is 0.684 bits per heavy atom. The van der Waals surface area contributed by atoms with E-state index in [2.05, 4.69) is 154 Å². The molecule has 57 heavy (non-hydrogen) atoms. The summed E-state index contributed by atoms with van der Waals surface area (Å²) >= 11 is 1.87. The Balaban J connectivity index is 1.16. The summed E-state index contributed by atoms with van der Waals surface area (Å²) < 4.78 is 8.48. The van der Waals surface area contributed by atoms with Gasteiger partial charge < -0.3 is 4.42 Å². The molecule has 8 aromatic rings. The first-order valence-corrected chi connectivity index (χ1v) is 20.7. The van der Waals surface area contributed by atoms with Crippen LogP contribution in [-0.4, -0.2) is 34.5 Å². The fourth-order valence-electron chi connectivity index (χ4n) is 8.35. The van der Waals surface area contributed by atoms with Gasteiger partial charge in [-0.1, -0.05) is 125 Å². The van der Waals surface area contributed by atoms with Gasteiger partial charge in [0.2, 0.25) is 0 Å². The molecule has 3 aromatic heterocycles. The number of fused-ring (bicyclic) bond motifs is 8. The predicted octanol–water partition coefficient (Wildman–Crippen LogP) is 12.5. The Hall–Kier alpha value is -6.11. The summed E-state index contributed by atoms with van der Waals surface area (Å²) in [6.45, 7) is 13.0. The lowest BCUT2D eigenvalue weighted by Crippen LogP contribution is -2.14. The smallest absolute Gasteiger partial charge is 0.182 e. The van der Waals surface area contributed by atoms with Crippen LogP contribution < -0.4 is 0 Å². The average Bonchev–Trinajstić information content (AvgIpc) is 3.94. The van der Waals surface area contributed by atoms with Crippen LogP contribution in [0.2, 0.25) is 13.6 Å². The van der Waals surface area contributed by atoms with Crippen molar-refractivity contribution in [3.63, 3.8) is 0 Å². The molecule has 0 bridgehead atoms. The second kappa shape index (κ2) is 14.8. The third-order valence-electron chi connectivity index (χ3n) is 11.2. The quantitative estimate of drug-likeness (QED) is 0.108. The van der Waals surface area contributed by atoms with Gasteiger partial charge in [-0.05, 0) is 71.0 Å². The van der Waals surface area contributed by atoms with Gasteiger partial charge in [-0.25, -0.2) is 19.9 Å². The molecule has 5 nitrogen and oxygen atoms in total. The lowest BCUT2D eigenvalue weighted by atomic mass is 9.80. The lowest BCUT2D eigenvalue weighted by molar-refractivity contribution is 0.601. The van der Waals surface area contributed by atoms with Gasteiger partial charge in [0.15, 0.2) is 29.4 Å². The first kappa shape index (κ1) is 36.5. The summed E-state index contributed by atoms with van der Waals surface area (Å²) in [5.74, 6) is 6.32. The molecule has 0 saturated carbocycles. The molecule has 5 aromatic carbocycles. The maximum atomic E-state index is 5.93. The van der Waals surface area contributed by atoms with Crippen LogP contribution in [0.3, 0.4) is 0 Å². The van der Waals surface area contributed by atoms with E-state index in [1.54, 1.807) is 6.39 Å². The second-order valence-electron chi connectivity index (χ2n) is 15.1. The minimum Gasteiger partial charge on any atom is -0.443 e. The molecule has 0 spiro atoms. The monoisotopic (exact) mass is 756 g/mol. The zero-order valence-electron chi connectivity index (χ0n) is 33.2. The van der Waals surface area contributed by atoms with E-state index < -0.39 is 0 Å². The van der Waals surface area contributed by atoms with Crippen LogP contribution in [0, 0.1) is 0 Å². The van der Waals surface area contributed by atoms with Gasteiger partial charge in [0.1, 0.15) is 20.1 Å². The van der Waals surface area contributed by atoms with Crippen molar-refractivity contribution in [2.24, 2.45) is 0 Å². The molecule has 1 aliphatic carbocycles. The van der Waals surface area contributed by atoms with Crippen LogP contribution in [0.15, 0.2) is 138 Å².